The van der Waals surface area contributed by atoms with Crippen LogP contribution in [-0.2, 0) is 0 Å². The lowest BCUT2D eigenvalue weighted by Crippen LogP contribution is -2.28. The van der Waals surface area contributed by atoms with Crippen LogP contribution >= 0.6 is 0 Å². The third kappa shape index (κ3) is 3.39. The highest BCUT2D eigenvalue weighted by molar-refractivity contribution is 5.98. The molecule has 3 aromatic rings. The Kier molecular flexibility index (Phi) is 4.77. The van der Waals surface area contributed by atoms with Crippen molar-refractivity contribution in [3.8, 4) is 11.1 Å². The molecule has 122 valence electrons. The lowest BCUT2D eigenvalue weighted by Gasteiger charge is -2.14. The Bertz CT molecular complexity index is 824. The van der Waals surface area contributed by atoms with Crippen molar-refractivity contribution in [1.29, 1.82) is 0 Å². The number of aliphatic hydroxyl groups excluding tert-OH is 1. The van der Waals surface area contributed by atoms with Gasteiger partial charge in [0.15, 0.2) is 5.76 Å². The second-order valence-electron chi connectivity index (χ2n) is 5.61. The molecule has 4 heteroatoms. The molecular weight excluding hydrogens is 302 g/mol. The van der Waals surface area contributed by atoms with Gasteiger partial charge in [-0.1, -0.05) is 54.6 Å². The summed E-state index contributed by atoms with van der Waals surface area (Å²) in [6, 6.07) is 18.9. The second kappa shape index (κ2) is 7.15. The minimum Gasteiger partial charge on any atom is -0.459 e. The monoisotopic (exact) mass is 321 g/mol. The molecule has 0 bridgehead atoms. The van der Waals surface area contributed by atoms with Crippen LogP contribution in [0.3, 0.4) is 0 Å². The number of carbonyl (C=O) groups is 1. The summed E-state index contributed by atoms with van der Waals surface area (Å²) >= 11 is 0. The molecule has 1 unspecified atom stereocenters. The molecule has 0 aliphatic carbocycles. The predicted octanol–water partition coefficient (Wildman–Crippen LogP) is 3.72. The maximum atomic E-state index is 12.4. The average molecular weight is 321 g/mol. The van der Waals surface area contributed by atoms with Crippen LogP contribution in [-0.4, -0.2) is 17.6 Å². The number of carbonyl (C=O) groups excluding carboxylic acids is 1. The number of hydrogen-bond donors (Lipinski definition) is 2. The Morgan fingerprint density at radius 3 is 2.54 bits per heavy atom. The molecule has 24 heavy (non-hydrogen) atoms. The quantitative estimate of drug-likeness (QED) is 0.753. The summed E-state index contributed by atoms with van der Waals surface area (Å²) in [7, 11) is 0. The van der Waals surface area contributed by atoms with Gasteiger partial charge in [0.1, 0.15) is 0 Å². The fourth-order valence-corrected chi connectivity index (χ4v) is 2.67. The van der Waals surface area contributed by atoms with Crippen LogP contribution in [0.1, 0.15) is 27.8 Å². The molecule has 2 N–H and O–H groups in total. The zero-order valence-corrected chi connectivity index (χ0v) is 13.4. The maximum absolute atomic E-state index is 12.4. The molecule has 0 fully saturated rings. The minimum absolute atomic E-state index is 0.124. The average Bonchev–Trinajstić information content (AvgIpc) is 3.10. The van der Waals surface area contributed by atoms with Crippen molar-refractivity contribution in [3.63, 3.8) is 0 Å². The Morgan fingerprint density at radius 1 is 1.08 bits per heavy atom. The van der Waals surface area contributed by atoms with Gasteiger partial charge >= 0.3 is 0 Å². The first kappa shape index (κ1) is 16.0. The van der Waals surface area contributed by atoms with Crippen LogP contribution in [0, 0.1) is 6.92 Å². The zero-order chi connectivity index (χ0) is 16.9. The van der Waals surface area contributed by atoms with E-state index < -0.39 is 6.10 Å². The Morgan fingerprint density at radius 2 is 1.79 bits per heavy atom. The summed E-state index contributed by atoms with van der Waals surface area (Å²) < 4.78 is 5.35. The molecule has 1 heterocycles. The van der Waals surface area contributed by atoms with E-state index in [4.69, 9.17) is 4.42 Å². The summed E-state index contributed by atoms with van der Waals surface area (Å²) in [6.07, 6.45) is 0.736. The Hall–Kier alpha value is -2.85. The van der Waals surface area contributed by atoms with Gasteiger partial charge in [-0.05, 0) is 29.7 Å². The molecule has 1 aromatic heterocycles. The van der Waals surface area contributed by atoms with Gasteiger partial charge in [-0.3, -0.25) is 4.79 Å². The second-order valence-corrected chi connectivity index (χ2v) is 5.61. The van der Waals surface area contributed by atoms with Gasteiger partial charge in [0.2, 0.25) is 0 Å². The standard InChI is InChI=1S/C20H19NO3/c1-14-7-5-6-10-16(14)18(22)13-21-20(23)19-17(11-12-24-19)15-8-3-2-4-9-15/h2-12,18,22H,13H2,1H3,(H,21,23). The topological polar surface area (TPSA) is 62.5 Å². The fourth-order valence-electron chi connectivity index (χ4n) is 2.67. The van der Waals surface area contributed by atoms with Crippen molar-refractivity contribution in [2.24, 2.45) is 0 Å². The summed E-state index contributed by atoms with van der Waals surface area (Å²) in [5, 5.41) is 13.0. The summed E-state index contributed by atoms with van der Waals surface area (Å²) in [5.74, 6) is -0.0929. The lowest BCUT2D eigenvalue weighted by atomic mass is 10.0. The molecule has 0 aliphatic rings. The first-order valence-electron chi connectivity index (χ1n) is 7.81. The molecule has 1 atom stereocenters. The highest BCUT2D eigenvalue weighted by Crippen LogP contribution is 2.24. The number of benzene rings is 2. The largest absolute Gasteiger partial charge is 0.459 e. The number of aliphatic hydroxyl groups is 1. The highest BCUT2D eigenvalue weighted by atomic mass is 16.3. The van der Waals surface area contributed by atoms with Crippen LogP contribution < -0.4 is 5.32 Å². The number of rotatable bonds is 5. The van der Waals surface area contributed by atoms with Gasteiger partial charge in [-0.2, -0.15) is 0 Å². The molecular formula is C20H19NO3. The lowest BCUT2D eigenvalue weighted by molar-refractivity contribution is 0.0889. The van der Waals surface area contributed by atoms with Crippen molar-refractivity contribution < 1.29 is 14.3 Å². The Balaban J connectivity index is 1.71. The van der Waals surface area contributed by atoms with E-state index in [9.17, 15) is 9.90 Å². The SMILES string of the molecule is Cc1ccccc1C(O)CNC(=O)c1occc1-c1ccccc1. The first-order valence-corrected chi connectivity index (χ1v) is 7.81. The number of aryl methyl sites for hydroxylation is 1. The van der Waals surface area contributed by atoms with E-state index in [0.717, 1.165) is 22.3 Å². The van der Waals surface area contributed by atoms with Crippen LogP contribution in [0.5, 0.6) is 0 Å². The molecule has 0 saturated heterocycles. The van der Waals surface area contributed by atoms with Gasteiger partial charge < -0.3 is 14.8 Å². The normalized spacial score (nSPS) is 11.9. The van der Waals surface area contributed by atoms with Crippen molar-refractivity contribution in [1.82, 2.24) is 5.32 Å². The van der Waals surface area contributed by atoms with E-state index in [1.165, 1.54) is 6.26 Å². The van der Waals surface area contributed by atoms with Crippen molar-refractivity contribution >= 4 is 5.91 Å². The third-order valence-corrected chi connectivity index (χ3v) is 3.96. The third-order valence-electron chi connectivity index (χ3n) is 3.96. The van der Waals surface area contributed by atoms with E-state index in [0.29, 0.717) is 0 Å². The van der Waals surface area contributed by atoms with Crippen LogP contribution in [0.2, 0.25) is 0 Å². The van der Waals surface area contributed by atoms with E-state index in [1.807, 2.05) is 61.5 Å². The Labute approximate surface area is 140 Å². The van der Waals surface area contributed by atoms with E-state index in [1.54, 1.807) is 6.07 Å². The van der Waals surface area contributed by atoms with Gasteiger partial charge in [0.05, 0.1) is 12.4 Å². The number of hydrogen-bond acceptors (Lipinski definition) is 3. The van der Waals surface area contributed by atoms with Crippen molar-refractivity contribution in [2.75, 3.05) is 6.54 Å². The summed E-state index contributed by atoms with van der Waals surface area (Å²) in [5.41, 5.74) is 3.44. The van der Waals surface area contributed by atoms with E-state index >= 15 is 0 Å². The van der Waals surface area contributed by atoms with Crippen LogP contribution in [0.15, 0.2) is 71.3 Å². The van der Waals surface area contributed by atoms with E-state index in [2.05, 4.69) is 5.32 Å². The zero-order valence-electron chi connectivity index (χ0n) is 13.4. The summed E-state index contributed by atoms with van der Waals surface area (Å²) in [4.78, 5) is 12.4. The molecule has 1 amide bonds. The molecule has 0 saturated carbocycles. The highest BCUT2D eigenvalue weighted by Gasteiger charge is 2.18. The van der Waals surface area contributed by atoms with Crippen LogP contribution in [0.4, 0.5) is 0 Å². The van der Waals surface area contributed by atoms with Gasteiger partial charge in [-0.15, -0.1) is 0 Å². The van der Waals surface area contributed by atoms with Crippen molar-refractivity contribution in [3.05, 3.63) is 83.8 Å². The number of nitrogens with one attached hydrogen (secondary N) is 1. The van der Waals surface area contributed by atoms with Gasteiger partial charge in [-0.25, -0.2) is 0 Å². The van der Waals surface area contributed by atoms with Gasteiger partial charge in [0, 0.05) is 12.1 Å². The molecule has 4 nitrogen and oxygen atoms in total. The molecule has 0 aliphatic heterocycles. The molecule has 2 aromatic carbocycles. The predicted molar refractivity (Wildman–Crippen MR) is 92.6 cm³/mol. The molecule has 3 rings (SSSR count). The number of amides is 1. The van der Waals surface area contributed by atoms with Gasteiger partial charge in [0.25, 0.3) is 5.91 Å². The van der Waals surface area contributed by atoms with E-state index in [-0.39, 0.29) is 18.2 Å². The number of furan rings is 1. The first-order chi connectivity index (χ1) is 11.7. The molecule has 0 spiro atoms. The molecule has 0 radical (unpaired) electrons. The summed E-state index contributed by atoms with van der Waals surface area (Å²) in [6.45, 7) is 2.05. The fraction of sp³-hybridized carbons (Fsp3) is 0.150. The maximum Gasteiger partial charge on any atom is 0.287 e. The van der Waals surface area contributed by atoms with Crippen LogP contribution in [0.25, 0.3) is 11.1 Å². The minimum atomic E-state index is -0.759. The smallest absolute Gasteiger partial charge is 0.287 e. The van der Waals surface area contributed by atoms with Crippen molar-refractivity contribution in [2.45, 2.75) is 13.0 Å².